The smallest absolute Gasteiger partial charge is 0.306 e. The first-order valence-electron chi connectivity index (χ1n) is 11.8. The lowest BCUT2D eigenvalue weighted by Gasteiger charge is -2.16. The summed E-state index contributed by atoms with van der Waals surface area (Å²) in [6, 6.07) is 20.7. The Morgan fingerprint density at radius 3 is 2.82 bits per heavy atom. The Kier molecular flexibility index (Phi) is 5.97. The van der Waals surface area contributed by atoms with Gasteiger partial charge in [0.25, 0.3) is 0 Å². The van der Waals surface area contributed by atoms with Gasteiger partial charge in [-0.05, 0) is 48.4 Å². The standard InChI is InChI=1S/C28H29N3O3/c1-4-27-30-22-10-6-7-11-24(22)31(27)23-12-8-9-19(18(23)3)16-29-20-13-14-21-25(15-20)33-17-26(21)34-28(32)5-2/h6-15,26,29H,4-5,16-17H2,1-3H3/t26-/m1/s1. The van der Waals surface area contributed by atoms with Gasteiger partial charge in [0.2, 0.25) is 0 Å². The number of para-hydroxylation sites is 2. The van der Waals surface area contributed by atoms with Gasteiger partial charge >= 0.3 is 5.97 Å². The van der Waals surface area contributed by atoms with E-state index in [0.717, 1.165) is 46.0 Å². The molecular weight excluding hydrogens is 426 g/mol. The number of imidazole rings is 1. The molecule has 0 unspecified atom stereocenters. The number of hydrogen-bond acceptors (Lipinski definition) is 5. The lowest BCUT2D eigenvalue weighted by molar-refractivity contribution is -0.149. The summed E-state index contributed by atoms with van der Waals surface area (Å²) in [7, 11) is 0. The molecular formula is C28H29N3O3. The van der Waals surface area contributed by atoms with Crippen LogP contribution in [0.25, 0.3) is 16.7 Å². The first kappa shape index (κ1) is 22.0. The number of aryl methyl sites for hydroxylation is 1. The summed E-state index contributed by atoms with van der Waals surface area (Å²) in [4.78, 5) is 16.5. The van der Waals surface area contributed by atoms with Crippen LogP contribution >= 0.6 is 0 Å². The number of benzene rings is 3. The fourth-order valence-electron chi connectivity index (χ4n) is 4.51. The van der Waals surface area contributed by atoms with Crippen molar-refractivity contribution in [3.63, 3.8) is 0 Å². The van der Waals surface area contributed by atoms with E-state index < -0.39 is 0 Å². The van der Waals surface area contributed by atoms with Crippen LogP contribution in [0.3, 0.4) is 0 Å². The van der Waals surface area contributed by atoms with Gasteiger partial charge in [-0.3, -0.25) is 9.36 Å². The third-order valence-corrected chi connectivity index (χ3v) is 6.40. The second kappa shape index (κ2) is 9.21. The van der Waals surface area contributed by atoms with Crippen molar-refractivity contribution >= 4 is 22.7 Å². The molecule has 1 aromatic heterocycles. The molecule has 0 aliphatic carbocycles. The summed E-state index contributed by atoms with van der Waals surface area (Å²) in [6.45, 7) is 7.15. The topological polar surface area (TPSA) is 65.4 Å². The van der Waals surface area contributed by atoms with Crippen molar-refractivity contribution in [3.05, 3.63) is 83.2 Å². The summed E-state index contributed by atoms with van der Waals surface area (Å²) < 4.78 is 13.5. The highest BCUT2D eigenvalue weighted by Crippen LogP contribution is 2.37. The minimum absolute atomic E-state index is 0.212. The van der Waals surface area contributed by atoms with Gasteiger partial charge in [0.05, 0.1) is 16.7 Å². The average molecular weight is 456 g/mol. The molecule has 5 rings (SSSR count). The van der Waals surface area contributed by atoms with Crippen LogP contribution in [0, 0.1) is 6.92 Å². The van der Waals surface area contributed by atoms with E-state index in [1.165, 1.54) is 11.1 Å². The SMILES string of the molecule is CCC(=O)O[C@@H]1COc2cc(NCc3cccc(-n4c(CC)nc5ccccc54)c3C)ccc21. The molecule has 0 amide bonds. The van der Waals surface area contributed by atoms with E-state index in [9.17, 15) is 4.79 Å². The maximum atomic E-state index is 11.7. The highest BCUT2D eigenvalue weighted by molar-refractivity contribution is 5.78. The molecule has 1 aliphatic heterocycles. The molecule has 1 aliphatic rings. The highest BCUT2D eigenvalue weighted by Gasteiger charge is 2.27. The van der Waals surface area contributed by atoms with Crippen LogP contribution in [0.15, 0.2) is 60.7 Å². The molecule has 6 nitrogen and oxygen atoms in total. The second-order valence-corrected chi connectivity index (χ2v) is 8.52. The van der Waals surface area contributed by atoms with Gasteiger partial charge in [0.1, 0.15) is 18.2 Å². The molecule has 0 fully saturated rings. The Morgan fingerprint density at radius 1 is 1.15 bits per heavy atom. The molecule has 4 aromatic rings. The quantitative estimate of drug-likeness (QED) is 0.352. The van der Waals surface area contributed by atoms with E-state index in [-0.39, 0.29) is 12.1 Å². The van der Waals surface area contributed by atoms with Crippen molar-refractivity contribution in [2.75, 3.05) is 11.9 Å². The summed E-state index contributed by atoms with van der Waals surface area (Å²) in [5.74, 6) is 1.61. The van der Waals surface area contributed by atoms with E-state index in [1.54, 1.807) is 6.92 Å². The van der Waals surface area contributed by atoms with Crippen molar-refractivity contribution < 1.29 is 14.3 Å². The van der Waals surface area contributed by atoms with Gasteiger partial charge < -0.3 is 14.8 Å². The Balaban J connectivity index is 1.38. The number of rotatable bonds is 7. The van der Waals surface area contributed by atoms with Gasteiger partial charge in [-0.2, -0.15) is 0 Å². The number of hydrogen-bond donors (Lipinski definition) is 1. The van der Waals surface area contributed by atoms with Crippen LogP contribution in [0.5, 0.6) is 5.75 Å². The first-order valence-corrected chi connectivity index (χ1v) is 11.8. The predicted octanol–water partition coefficient (Wildman–Crippen LogP) is 5.90. The number of esters is 1. The fraction of sp³-hybridized carbons (Fsp3) is 0.286. The number of ether oxygens (including phenoxy) is 2. The Bertz CT molecular complexity index is 1360. The van der Waals surface area contributed by atoms with E-state index in [1.807, 2.05) is 24.3 Å². The first-order chi connectivity index (χ1) is 16.6. The molecule has 3 aromatic carbocycles. The van der Waals surface area contributed by atoms with Crippen molar-refractivity contribution in [3.8, 4) is 11.4 Å². The molecule has 2 heterocycles. The Hall–Kier alpha value is -3.80. The predicted molar refractivity (Wildman–Crippen MR) is 134 cm³/mol. The third-order valence-electron chi connectivity index (χ3n) is 6.40. The Morgan fingerprint density at radius 2 is 2.00 bits per heavy atom. The van der Waals surface area contributed by atoms with Gasteiger partial charge in [-0.15, -0.1) is 0 Å². The monoisotopic (exact) mass is 455 g/mol. The molecule has 1 N–H and O–H groups in total. The normalized spacial score (nSPS) is 14.6. The molecule has 0 bridgehead atoms. The molecule has 174 valence electrons. The largest absolute Gasteiger partial charge is 0.489 e. The second-order valence-electron chi connectivity index (χ2n) is 8.52. The van der Waals surface area contributed by atoms with Gasteiger partial charge in [-0.1, -0.05) is 38.1 Å². The Labute approximate surface area is 199 Å². The lowest BCUT2D eigenvalue weighted by atomic mass is 10.1. The van der Waals surface area contributed by atoms with E-state index >= 15 is 0 Å². The maximum Gasteiger partial charge on any atom is 0.306 e. The van der Waals surface area contributed by atoms with Crippen LogP contribution in [-0.2, 0) is 22.5 Å². The molecule has 6 heteroatoms. The highest BCUT2D eigenvalue weighted by atomic mass is 16.6. The average Bonchev–Trinajstić information content (AvgIpc) is 3.44. The van der Waals surface area contributed by atoms with E-state index in [4.69, 9.17) is 14.5 Å². The van der Waals surface area contributed by atoms with Crippen LogP contribution in [0.1, 0.15) is 48.9 Å². The van der Waals surface area contributed by atoms with Crippen molar-refractivity contribution in [1.29, 1.82) is 0 Å². The zero-order valence-corrected chi connectivity index (χ0v) is 19.8. The van der Waals surface area contributed by atoms with Crippen LogP contribution < -0.4 is 10.1 Å². The van der Waals surface area contributed by atoms with E-state index in [2.05, 4.69) is 60.1 Å². The number of fused-ring (bicyclic) bond motifs is 2. The number of anilines is 1. The number of carbonyl (C=O) groups is 1. The van der Waals surface area contributed by atoms with E-state index in [0.29, 0.717) is 19.6 Å². The van der Waals surface area contributed by atoms with Crippen LogP contribution in [-0.4, -0.2) is 22.1 Å². The fourth-order valence-corrected chi connectivity index (χ4v) is 4.51. The molecule has 0 saturated heterocycles. The number of nitrogens with zero attached hydrogens (tertiary/aromatic N) is 2. The van der Waals surface area contributed by atoms with Gasteiger partial charge in [-0.25, -0.2) is 4.98 Å². The molecule has 0 spiro atoms. The summed E-state index contributed by atoms with van der Waals surface area (Å²) in [5.41, 5.74) is 7.62. The van der Waals surface area contributed by atoms with Gasteiger partial charge in [0.15, 0.2) is 6.10 Å². The number of carbonyl (C=O) groups excluding carboxylic acids is 1. The van der Waals surface area contributed by atoms with Crippen LogP contribution in [0.2, 0.25) is 0 Å². The molecule has 0 radical (unpaired) electrons. The zero-order chi connectivity index (χ0) is 23.7. The zero-order valence-electron chi connectivity index (χ0n) is 19.8. The minimum Gasteiger partial charge on any atom is -0.489 e. The summed E-state index contributed by atoms with van der Waals surface area (Å²) >= 11 is 0. The van der Waals surface area contributed by atoms with Gasteiger partial charge in [0, 0.05) is 36.7 Å². The van der Waals surface area contributed by atoms with Crippen molar-refractivity contribution in [2.45, 2.75) is 46.3 Å². The van der Waals surface area contributed by atoms with Crippen LogP contribution in [0.4, 0.5) is 5.69 Å². The summed E-state index contributed by atoms with van der Waals surface area (Å²) in [5, 5.41) is 3.52. The van der Waals surface area contributed by atoms with Crippen molar-refractivity contribution in [2.24, 2.45) is 0 Å². The molecule has 1 atom stereocenters. The number of nitrogens with one attached hydrogen (secondary N) is 1. The summed E-state index contributed by atoms with van der Waals surface area (Å²) in [6.07, 6.45) is 0.895. The maximum absolute atomic E-state index is 11.7. The minimum atomic E-state index is -0.326. The number of aromatic nitrogens is 2. The third kappa shape index (κ3) is 4.00. The molecule has 0 saturated carbocycles. The van der Waals surface area contributed by atoms with Crippen molar-refractivity contribution in [1.82, 2.24) is 9.55 Å². The lowest BCUT2D eigenvalue weighted by Crippen LogP contribution is -2.11. The molecule has 34 heavy (non-hydrogen) atoms.